The fourth-order valence-corrected chi connectivity index (χ4v) is 2.35. The molecule has 1 aliphatic heterocycles. The van der Waals surface area contributed by atoms with Crippen molar-refractivity contribution in [1.82, 2.24) is 5.32 Å². The lowest BCUT2D eigenvalue weighted by atomic mass is 10.1. The SMILES string of the molecule is COc1ccc(N2C(=O)NC(=O)[C@H](C=NCc3ccco3)C2=O)cc1. The molecule has 2 heterocycles. The van der Waals surface area contributed by atoms with Crippen molar-refractivity contribution in [2.45, 2.75) is 6.54 Å². The molecule has 3 rings (SSSR count). The van der Waals surface area contributed by atoms with Gasteiger partial charge in [-0.3, -0.25) is 19.9 Å². The third kappa shape index (κ3) is 3.42. The molecule has 2 aromatic rings. The molecule has 1 aromatic heterocycles. The van der Waals surface area contributed by atoms with E-state index in [0.29, 0.717) is 17.2 Å². The zero-order chi connectivity index (χ0) is 17.8. The molecule has 0 aliphatic carbocycles. The molecule has 1 atom stereocenters. The number of barbiturate groups is 1. The van der Waals surface area contributed by atoms with Crippen LogP contribution in [0.25, 0.3) is 0 Å². The summed E-state index contributed by atoms with van der Waals surface area (Å²) in [6, 6.07) is 9.00. The standard InChI is InChI=1S/C17H15N3O5/c1-24-12-6-4-11(5-7-12)20-16(22)14(15(21)19-17(20)23)10-18-9-13-3-2-8-25-13/h2-8,10,14H,9H2,1H3,(H,19,21,23)/t14-/m0/s1. The average molecular weight is 341 g/mol. The summed E-state index contributed by atoms with van der Waals surface area (Å²) in [5.41, 5.74) is 0.334. The van der Waals surface area contributed by atoms with Gasteiger partial charge in [0.25, 0.3) is 5.91 Å². The summed E-state index contributed by atoms with van der Waals surface area (Å²) in [5, 5.41) is 2.16. The van der Waals surface area contributed by atoms with Crippen LogP contribution in [0, 0.1) is 5.92 Å². The van der Waals surface area contributed by atoms with Crippen LogP contribution in [0.3, 0.4) is 0 Å². The summed E-state index contributed by atoms with van der Waals surface area (Å²) in [6.07, 6.45) is 2.73. The number of hydrogen-bond donors (Lipinski definition) is 1. The van der Waals surface area contributed by atoms with Gasteiger partial charge in [-0.1, -0.05) is 0 Å². The highest BCUT2D eigenvalue weighted by atomic mass is 16.5. The number of hydrogen-bond acceptors (Lipinski definition) is 6. The number of imide groups is 2. The van der Waals surface area contributed by atoms with Crippen molar-refractivity contribution >= 4 is 29.7 Å². The summed E-state index contributed by atoms with van der Waals surface area (Å²) < 4.78 is 10.2. The number of carbonyl (C=O) groups excluding carboxylic acids is 3. The van der Waals surface area contributed by atoms with Gasteiger partial charge in [0.1, 0.15) is 11.5 Å². The highest BCUT2D eigenvalue weighted by Crippen LogP contribution is 2.23. The van der Waals surface area contributed by atoms with Crippen molar-refractivity contribution in [3.8, 4) is 5.75 Å². The number of anilines is 1. The van der Waals surface area contributed by atoms with Crippen LogP contribution >= 0.6 is 0 Å². The molecule has 8 heteroatoms. The molecule has 1 N–H and O–H groups in total. The Bertz CT molecular complexity index is 811. The van der Waals surface area contributed by atoms with Gasteiger partial charge < -0.3 is 9.15 Å². The van der Waals surface area contributed by atoms with E-state index in [2.05, 4.69) is 10.3 Å². The van der Waals surface area contributed by atoms with E-state index in [1.165, 1.54) is 19.6 Å². The molecule has 1 aliphatic rings. The molecule has 0 unspecified atom stereocenters. The summed E-state index contributed by atoms with van der Waals surface area (Å²) in [4.78, 5) is 41.6. The van der Waals surface area contributed by atoms with Crippen molar-refractivity contribution in [2.24, 2.45) is 10.9 Å². The lowest BCUT2D eigenvalue weighted by Crippen LogP contribution is -2.58. The van der Waals surface area contributed by atoms with E-state index in [9.17, 15) is 14.4 Å². The minimum Gasteiger partial charge on any atom is -0.497 e. The van der Waals surface area contributed by atoms with E-state index in [-0.39, 0.29) is 6.54 Å². The van der Waals surface area contributed by atoms with Gasteiger partial charge in [0, 0.05) is 6.21 Å². The van der Waals surface area contributed by atoms with Crippen molar-refractivity contribution < 1.29 is 23.5 Å². The number of aliphatic imine (C=N–C) groups is 1. The van der Waals surface area contributed by atoms with Gasteiger partial charge in [-0.25, -0.2) is 9.69 Å². The van der Waals surface area contributed by atoms with Gasteiger partial charge in [-0.2, -0.15) is 0 Å². The maximum Gasteiger partial charge on any atom is 0.335 e. The van der Waals surface area contributed by atoms with E-state index >= 15 is 0 Å². The second-order valence-electron chi connectivity index (χ2n) is 5.21. The van der Waals surface area contributed by atoms with Gasteiger partial charge in [0.2, 0.25) is 5.91 Å². The zero-order valence-electron chi connectivity index (χ0n) is 13.3. The molecule has 4 amide bonds. The molecule has 1 saturated heterocycles. The van der Waals surface area contributed by atoms with E-state index in [4.69, 9.17) is 9.15 Å². The fraction of sp³-hybridized carbons (Fsp3) is 0.176. The molecular formula is C17H15N3O5. The summed E-state index contributed by atoms with van der Waals surface area (Å²) in [6.45, 7) is 0.195. The summed E-state index contributed by atoms with van der Waals surface area (Å²) >= 11 is 0. The van der Waals surface area contributed by atoms with Crippen LogP contribution in [-0.4, -0.2) is 31.2 Å². The van der Waals surface area contributed by atoms with Crippen molar-refractivity contribution in [3.63, 3.8) is 0 Å². The van der Waals surface area contributed by atoms with Crippen LogP contribution < -0.4 is 15.0 Å². The Labute approximate surface area is 143 Å². The van der Waals surface area contributed by atoms with Crippen LogP contribution in [0.2, 0.25) is 0 Å². The number of benzene rings is 1. The van der Waals surface area contributed by atoms with Crippen LogP contribution in [0.15, 0.2) is 52.1 Å². The molecule has 8 nitrogen and oxygen atoms in total. The molecule has 0 spiro atoms. The van der Waals surface area contributed by atoms with Gasteiger partial charge >= 0.3 is 6.03 Å². The van der Waals surface area contributed by atoms with Crippen LogP contribution in [0.5, 0.6) is 5.75 Å². The Morgan fingerprint density at radius 3 is 2.64 bits per heavy atom. The first-order chi connectivity index (χ1) is 12.1. The average Bonchev–Trinajstić information content (AvgIpc) is 3.11. The molecule has 0 bridgehead atoms. The van der Waals surface area contributed by atoms with Gasteiger partial charge in [0.05, 0.1) is 25.6 Å². The monoisotopic (exact) mass is 341 g/mol. The minimum absolute atomic E-state index is 0.195. The summed E-state index contributed by atoms with van der Waals surface area (Å²) in [7, 11) is 1.51. The number of nitrogens with zero attached hydrogens (tertiary/aromatic N) is 2. The molecule has 25 heavy (non-hydrogen) atoms. The predicted molar refractivity (Wildman–Crippen MR) is 88.4 cm³/mol. The highest BCUT2D eigenvalue weighted by Gasteiger charge is 2.40. The van der Waals surface area contributed by atoms with Crippen molar-refractivity contribution in [3.05, 3.63) is 48.4 Å². The number of methoxy groups -OCH3 is 1. The van der Waals surface area contributed by atoms with Gasteiger partial charge in [0.15, 0.2) is 5.92 Å². The minimum atomic E-state index is -1.19. The smallest absolute Gasteiger partial charge is 0.335 e. The first kappa shape index (κ1) is 16.4. The summed E-state index contributed by atoms with van der Waals surface area (Å²) in [5.74, 6) is -1.37. The molecule has 0 saturated carbocycles. The largest absolute Gasteiger partial charge is 0.497 e. The number of rotatable bonds is 5. The Morgan fingerprint density at radius 1 is 1.24 bits per heavy atom. The number of ether oxygens (including phenoxy) is 1. The first-order valence-electron chi connectivity index (χ1n) is 7.45. The number of furan rings is 1. The quantitative estimate of drug-likeness (QED) is 0.659. The molecule has 1 aromatic carbocycles. The second kappa shape index (κ2) is 7.00. The van der Waals surface area contributed by atoms with E-state index in [1.54, 1.807) is 36.4 Å². The molecule has 0 radical (unpaired) electrons. The number of urea groups is 1. The maximum absolute atomic E-state index is 12.6. The second-order valence-corrected chi connectivity index (χ2v) is 5.21. The number of amides is 4. The number of nitrogens with one attached hydrogen (secondary N) is 1. The molecular weight excluding hydrogens is 326 g/mol. The van der Waals surface area contributed by atoms with Crippen molar-refractivity contribution in [1.29, 1.82) is 0 Å². The van der Waals surface area contributed by atoms with Crippen LogP contribution in [0.4, 0.5) is 10.5 Å². The Hall–Kier alpha value is -3.42. The fourth-order valence-electron chi connectivity index (χ4n) is 2.35. The van der Waals surface area contributed by atoms with Crippen LogP contribution in [-0.2, 0) is 16.1 Å². The lowest BCUT2D eigenvalue weighted by molar-refractivity contribution is -0.131. The van der Waals surface area contributed by atoms with Crippen LogP contribution in [0.1, 0.15) is 5.76 Å². The zero-order valence-corrected chi connectivity index (χ0v) is 13.3. The topological polar surface area (TPSA) is 101 Å². The Kier molecular flexibility index (Phi) is 4.60. The molecule has 128 valence electrons. The molecule has 1 fully saturated rings. The normalized spacial score (nSPS) is 17.9. The van der Waals surface area contributed by atoms with E-state index in [1.807, 2.05) is 0 Å². The third-order valence-electron chi connectivity index (χ3n) is 3.61. The third-order valence-corrected chi connectivity index (χ3v) is 3.61. The first-order valence-corrected chi connectivity index (χ1v) is 7.45. The number of carbonyl (C=O) groups is 3. The van der Waals surface area contributed by atoms with Gasteiger partial charge in [-0.15, -0.1) is 0 Å². The Morgan fingerprint density at radius 2 is 2.00 bits per heavy atom. The lowest BCUT2D eigenvalue weighted by Gasteiger charge is -2.28. The predicted octanol–water partition coefficient (Wildman–Crippen LogP) is 1.76. The van der Waals surface area contributed by atoms with Gasteiger partial charge in [-0.05, 0) is 36.4 Å². The van der Waals surface area contributed by atoms with E-state index in [0.717, 1.165) is 4.90 Å². The van der Waals surface area contributed by atoms with Crippen molar-refractivity contribution in [2.75, 3.05) is 12.0 Å². The highest BCUT2D eigenvalue weighted by molar-refractivity contribution is 6.32. The van der Waals surface area contributed by atoms with E-state index < -0.39 is 23.8 Å². The maximum atomic E-state index is 12.6. The Balaban J connectivity index is 1.79.